The Morgan fingerprint density at radius 2 is 2.00 bits per heavy atom. The first-order valence-electron chi connectivity index (χ1n) is 5.58. The van der Waals surface area contributed by atoms with Crippen LogP contribution >= 0.6 is 0 Å². The third kappa shape index (κ3) is 2.45. The number of carbonyl (C=O) groups is 1. The van der Waals surface area contributed by atoms with Crippen molar-refractivity contribution < 1.29 is 4.79 Å². The Balaban J connectivity index is 1.75. The summed E-state index contributed by atoms with van der Waals surface area (Å²) in [7, 11) is 0. The number of amides is 1. The van der Waals surface area contributed by atoms with E-state index in [0.717, 1.165) is 39.0 Å². The lowest BCUT2D eigenvalue weighted by Gasteiger charge is -2.25. The minimum atomic E-state index is 0.205. The molecule has 4 nitrogen and oxygen atoms in total. The zero-order valence-corrected chi connectivity index (χ0v) is 8.51. The van der Waals surface area contributed by atoms with Crippen molar-refractivity contribution in [3.05, 3.63) is 0 Å². The van der Waals surface area contributed by atoms with Gasteiger partial charge in [0.1, 0.15) is 0 Å². The van der Waals surface area contributed by atoms with E-state index < -0.39 is 0 Å². The SMILES string of the molecule is O=C(N[C@H]1CCCNC1)[C@@H]1CCNC1. The van der Waals surface area contributed by atoms with Gasteiger partial charge in [0, 0.05) is 19.1 Å². The highest BCUT2D eigenvalue weighted by molar-refractivity contribution is 5.79. The number of piperidine rings is 1. The summed E-state index contributed by atoms with van der Waals surface area (Å²) < 4.78 is 0. The first-order chi connectivity index (χ1) is 6.86. The fraction of sp³-hybridized carbons (Fsp3) is 0.900. The largest absolute Gasteiger partial charge is 0.352 e. The van der Waals surface area contributed by atoms with Gasteiger partial charge in [-0.1, -0.05) is 0 Å². The minimum Gasteiger partial charge on any atom is -0.352 e. The van der Waals surface area contributed by atoms with E-state index in [-0.39, 0.29) is 11.8 Å². The van der Waals surface area contributed by atoms with Crippen molar-refractivity contribution in [3.63, 3.8) is 0 Å². The van der Waals surface area contributed by atoms with E-state index in [0.29, 0.717) is 6.04 Å². The minimum absolute atomic E-state index is 0.205. The number of carbonyl (C=O) groups excluding carboxylic acids is 1. The standard InChI is InChI=1S/C10H19N3O/c14-10(8-3-5-12-6-8)13-9-2-1-4-11-7-9/h8-9,11-12H,1-7H2,(H,13,14)/t8-,9+/m1/s1. The molecule has 2 aliphatic rings. The van der Waals surface area contributed by atoms with Gasteiger partial charge in [-0.2, -0.15) is 0 Å². The zero-order valence-electron chi connectivity index (χ0n) is 8.51. The molecule has 4 heteroatoms. The maximum absolute atomic E-state index is 11.7. The summed E-state index contributed by atoms with van der Waals surface area (Å²) in [4.78, 5) is 11.7. The quantitative estimate of drug-likeness (QED) is 0.557. The molecule has 0 unspecified atom stereocenters. The highest BCUT2D eigenvalue weighted by atomic mass is 16.2. The van der Waals surface area contributed by atoms with E-state index in [1.165, 1.54) is 6.42 Å². The fourth-order valence-electron chi connectivity index (χ4n) is 2.17. The lowest BCUT2D eigenvalue weighted by Crippen LogP contribution is -2.47. The number of hydrogen-bond acceptors (Lipinski definition) is 3. The molecule has 0 aliphatic carbocycles. The predicted molar refractivity (Wildman–Crippen MR) is 55.0 cm³/mol. The molecule has 2 atom stereocenters. The van der Waals surface area contributed by atoms with Crippen LogP contribution in [-0.4, -0.2) is 38.1 Å². The van der Waals surface area contributed by atoms with Crippen LogP contribution in [0.2, 0.25) is 0 Å². The van der Waals surface area contributed by atoms with E-state index in [1.54, 1.807) is 0 Å². The molecule has 0 aromatic heterocycles. The van der Waals surface area contributed by atoms with Gasteiger partial charge >= 0.3 is 0 Å². The maximum Gasteiger partial charge on any atom is 0.224 e. The third-order valence-electron chi connectivity index (χ3n) is 3.07. The zero-order chi connectivity index (χ0) is 9.80. The maximum atomic E-state index is 11.7. The van der Waals surface area contributed by atoms with Gasteiger partial charge < -0.3 is 16.0 Å². The summed E-state index contributed by atoms with van der Waals surface area (Å²) in [6, 6.07) is 0.358. The average molecular weight is 197 g/mol. The number of rotatable bonds is 2. The van der Waals surface area contributed by atoms with Gasteiger partial charge in [0.25, 0.3) is 0 Å². The van der Waals surface area contributed by atoms with Gasteiger partial charge in [0.05, 0.1) is 5.92 Å². The number of nitrogens with one attached hydrogen (secondary N) is 3. The molecule has 2 aliphatic heterocycles. The summed E-state index contributed by atoms with van der Waals surface area (Å²) in [6.45, 7) is 3.87. The average Bonchev–Trinajstić information content (AvgIpc) is 2.72. The second kappa shape index (κ2) is 4.75. The topological polar surface area (TPSA) is 53.2 Å². The first kappa shape index (κ1) is 9.93. The summed E-state index contributed by atoms with van der Waals surface area (Å²) in [5.41, 5.74) is 0. The van der Waals surface area contributed by atoms with Crippen LogP contribution in [-0.2, 0) is 4.79 Å². The van der Waals surface area contributed by atoms with E-state index in [9.17, 15) is 4.79 Å². The monoisotopic (exact) mass is 197 g/mol. The van der Waals surface area contributed by atoms with E-state index in [1.807, 2.05) is 0 Å². The van der Waals surface area contributed by atoms with Gasteiger partial charge in [0.2, 0.25) is 5.91 Å². The Morgan fingerprint density at radius 3 is 2.64 bits per heavy atom. The summed E-state index contributed by atoms with van der Waals surface area (Å²) >= 11 is 0. The lowest BCUT2D eigenvalue weighted by atomic mass is 10.0. The molecule has 80 valence electrons. The molecule has 0 radical (unpaired) electrons. The molecule has 14 heavy (non-hydrogen) atoms. The molecule has 2 heterocycles. The Hall–Kier alpha value is -0.610. The van der Waals surface area contributed by atoms with Crippen molar-refractivity contribution in [2.45, 2.75) is 25.3 Å². The smallest absolute Gasteiger partial charge is 0.224 e. The molecule has 2 saturated heterocycles. The molecule has 3 N–H and O–H groups in total. The Morgan fingerprint density at radius 1 is 1.14 bits per heavy atom. The molecule has 0 spiro atoms. The van der Waals surface area contributed by atoms with Crippen molar-refractivity contribution in [2.75, 3.05) is 26.2 Å². The van der Waals surface area contributed by atoms with Crippen LogP contribution in [0.5, 0.6) is 0 Å². The van der Waals surface area contributed by atoms with Crippen molar-refractivity contribution in [1.82, 2.24) is 16.0 Å². The summed E-state index contributed by atoms with van der Waals surface area (Å²) in [5, 5.41) is 9.63. The fourth-order valence-corrected chi connectivity index (χ4v) is 2.17. The molecular formula is C10H19N3O. The van der Waals surface area contributed by atoms with Crippen LogP contribution in [0.4, 0.5) is 0 Å². The molecule has 0 aromatic rings. The van der Waals surface area contributed by atoms with Crippen molar-refractivity contribution in [2.24, 2.45) is 5.92 Å². The normalized spacial score (nSPS) is 32.9. The lowest BCUT2D eigenvalue weighted by molar-refractivity contribution is -0.125. The van der Waals surface area contributed by atoms with Gasteiger partial charge in [-0.15, -0.1) is 0 Å². The van der Waals surface area contributed by atoms with Crippen molar-refractivity contribution in [1.29, 1.82) is 0 Å². The number of hydrogen-bond donors (Lipinski definition) is 3. The van der Waals surface area contributed by atoms with Crippen LogP contribution in [0.3, 0.4) is 0 Å². The molecule has 1 amide bonds. The molecule has 0 bridgehead atoms. The van der Waals surface area contributed by atoms with Crippen LogP contribution in [0, 0.1) is 5.92 Å². The second-order valence-electron chi connectivity index (χ2n) is 4.24. The predicted octanol–water partition coefficient (Wildman–Crippen LogP) is -0.536. The van der Waals surface area contributed by atoms with Gasteiger partial charge in [-0.05, 0) is 32.4 Å². The van der Waals surface area contributed by atoms with Crippen molar-refractivity contribution in [3.8, 4) is 0 Å². The van der Waals surface area contributed by atoms with Crippen LogP contribution in [0.15, 0.2) is 0 Å². The van der Waals surface area contributed by atoms with Gasteiger partial charge in [-0.3, -0.25) is 4.79 Å². The Bertz CT molecular complexity index is 196. The van der Waals surface area contributed by atoms with E-state index >= 15 is 0 Å². The van der Waals surface area contributed by atoms with Gasteiger partial charge in [0.15, 0.2) is 0 Å². The van der Waals surface area contributed by atoms with E-state index in [4.69, 9.17) is 0 Å². The Kier molecular flexibility index (Phi) is 3.37. The first-order valence-corrected chi connectivity index (χ1v) is 5.58. The van der Waals surface area contributed by atoms with Crippen LogP contribution in [0.1, 0.15) is 19.3 Å². The van der Waals surface area contributed by atoms with Crippen LogP contribution in [0.25, 0.3) is 0 Å². The molecule has 2 fully saturated rings. The molecule has 0 saturated carbocycles. The van der Waals surface area contributed by atoms with Gasteiger partial charge in [-0.25, -0.2) is 0 Å². The summed E-state index contributed by atoms with van der Waals surface area (Å²) in [6.07, 6.45) is 3.29. The highest BCUT2D eigenvalue weighted by Gasteiger charge is 2.24. The summed E-state index contributed by atoms with van der Waals surface area (Å²) in [5.74, 6) is 0.445. The van der Waals surface area contributed by atoms with E-state index in [2.05, 4.69) is 16.0 Å². The highest BCUT2D eigenvalue weighted by Crippen LogP contribution is 2.09. The molecule has 0 aromatic carbocycles. The second-order valence-corrected chi connectivity index (χ2v) is 4.24. The third-order valence-corrected chi connectivity index (χ3v) is 3.07. The van der Waals surface area contributed by atoms with Crippen LogP contribution < -0.4 is 16.0 Å². The van der Waals surface area contributed by atoms with Crippen molar-refractivity contribution >= 4 is 5.91 Å². The molecule has 2 rings (SSSR count). The Labute approximate surface area is 84.8 Å². The molecular weight excluding hydrogens is 178 g/mol.